The maximum absolute atomic E-state index is 12.5. The molecule has 7 nitrogen and oxygen atoms in total. The summed E-state index contributed by atoms with van der Waals surface area (Å²) in [5.74, 6) is -0.941. The molecule has 1 aromatic carbocycles. The summed E-state index contributed by atoms with van der Waals surface area (Å²) in [4.78, 5) is 22.8. The largest absolute Gasteiger partial charge is 0.478 e. The minimum absolute atomic E-state index is 0.0899. The first kappa shape index (κ1) is 20.9. The number of benzene rings is 1. The van der Waals surface area contributed by atoms with Crippen LogP contribution < -0.4 is 11.1 Å². The number of aromatic nitrogens is 2. The summed E-state index contributed by atoms with van der Waals surface area (Å²) in [5.41, 5.74) is 7.58. The highest BCUT2D eigenvalue weighted by molar-refractivity contribution is 5.88. The van der Waals surface area contributed by atoms with Gasteiger partial charge in [0.15, 0.2) is 0 Å². The molecular weight excluding hydrogens is 375 g/mol. The molecule has 1 atom stereocenters. The summed E-state index contributed by atoms with van der Waals surface area (Å²) in [5, 5.41) is 11.7. The third kappa shape index (κ3) is 5.29. The lowest BCUT2D eigenvalue weighted by Crippen LogP contribution is -2.24. The van der Waals surface area contributed by atoms with E-state index in [1.165, 1.54) is 18.3 Å². The monoisotopic (exact) mass is 393 g/mol. The summed E-state index contributed by atoms with van der Waals surface area (Å²) >= 11 is 0. The Kier molecular flexibility index (Phi) is 6.34. The standard InChI is InChI=1S/C18H18F3N5O2/c1-10-8-24-17(25-14(7-22)9-23-11(2)18(19,20)21)26-15(10)12-3-5-13(6-4-12)16(27)28/h3-9,11H,22H2,1-2H3,(H,27,28)(H,24,25,26). The number of hydrogen-bond donors (Lipinski definition) is 3. The van der Waals surface area contributed by atoms with Gasteiger partial charge in [0.1, 0.15) is 6.04 Å². The SMILES string of the molecule is Cc1cnc(NC(C=NC(C)C(F)(F)F)=CN)nc1-c1ccc(C(=O)O)cc1. The minimum Gasteiger partial charge on any atom is -0.478 e. The number of rotatable bonds is 6. The molecule has 2 aromatic rings. The van der Waals surface area contributed by atoms with Crippen molar-refractivity contribution in [3.63, 3.8) is 0 Å². The van der Waals surface area contributed by atoms with Crippen molar-refractivity contribution in [2.24, 2.45) is 10.7 Å². The Hall–Kier alpha value is -3.43. The Morgan fingerprint density at radius 2 is 1.96 bits per heavy atom. The molecule has 0 radical (unpaired) electrons. The average Bonchev–Trinajstić information content (AvgIpc) is 2.65. The molecule has 0 bridgehead atoms. The molecule has 0 saturated carbocycles. The number of halogens is 3. The van der Waals surface area contributed by atoms with E-state index < -0.39 is 18.2 Å². The second-order valence-electron chi connectivity index (χ2n) is 5.85. The van der Waals surface area contributed by atoms with Crippen LogP contribution in [0.2, 0.25) is 0 Å². The van der Waals surface area contributed by atoms with Crippen LogP contribution in [0.15, 0.2) is 47.4 Å². The van der Waals surface area contributed by atoms with E-state index in [9.17, 15) is 18.0 Å². The first-order chi connectivity index (χ1) is 13.1. The van der Waals surface area contributed by atoms with Crippen molar-refractivity contribution in [2.45, 2.75) is 26.1 Å². The Labute approximate surface area is 158 Å². The number of alkyl halides is 3. The fourth-order valence-electron chi connectivity index (χ4n) is 2.09. The summed E-state index contributed by atoms with van der Waals surface area (Å²) in [6, 6.07) is 4.22. The Bertz CT molecular complexity index is 908. The highest BCUT2D eigenvalue weighted by Gasteiger charge is 2.35. The van der Waals surface area contributed by atoms with Crippen molar-refractivity contribution >= 4 is 18.1 Å². The lowest BCUT2D eigenvalue weighted by atomic mass is 10.1. The lowest BCUT2D eigenvalue weighted by molar-refractivity contribution is -0.142. The number of nitrogens with one attached hydrogen (secondary N) is 1. The van der Waals surface area contributed by atoms with Crippen LogP contribution in [-0.2, 0) is 0 Å². The first-order valence-corrected chi connectivity index (χ1v) is 8.08. The van der Waals surface area contributed by atoms with Gasteiger partial charge in [-0.25, -0.2) is 14.8 Å². The first-order valence-electron chi connectivity index (χ1n) is 8.08. The van der Waals surface area contributed by atoms with E-state index in [-0.39, 0.29) is 17.2 Å². The van der Waals surface area contributed by atoms with Gasteiger partial charge in [0.2, 0.25) is 5.95 Å². The van der Waals surface area contributed by atoms with Gasteiger partial charge in [0, 0.05) is 24.2 Å². The van der Waals surface area contributed by atoms with Gasteiger partial charge >= 0.3 is 12.1 Å². The number of carboxylic acids is 1. The van der Waals surface area contributed by atoms with E-state index in [1.54, 1.807) is 19.1 Å². The third-order valence-electron chi connectivity index (χ3n) is 3.72. The number of carboxylic acid groups (broad SMARTS) is 1. The highest BCUT2D eigenvalue weighted by atomic mass is 19.4. The number of allylic oxidation sites excluding steroid dienone is 1. The Morgan fingerprint density at radius 3 is 2.50 bits per heavy atom. The molecule has 148 valence electrons. The number of nitrogens with two attached hydrogens (primary N) is 1. The van der Waals surface area contributed by atoms with Crippen LogP contribution in [0.4, 0.5) is 19.1 Å². The molecule has 10 heteroatoms. The molecule has 28 heavy (non-hydrogen) atoms. The summed E-state index contributed by atoms with van der Waals surface area (Å²) in [7, 11) is 0. The molecule has 0 saturated heterocycles. The molecule has 1 unspecified atom stereocenters. The van der Waals surface area contributed by atoms with Crippen molar-refractivity contribution in [1.82, 2.24) is 9.97 Å². The number of aryl methyl sites for hydroxylation is 1. The number of anilines is 1. The number of carbonyl (C=O) groups is 1. The van der Waals surface area contributed by atoms with E-state index in [4.69, 9.17) is 10.8 Å². The molecule has 0 amide bonds. The molecule has 0 aliphatic heterocycles. The van der Waals surface area contributed by atoms with Gasteiger partial charge in [-0.1, -0.05) is 12.1 Å². The molecule has 1 heterocycles. The fourth-order valence-corrected chi connectivity index (χ4v) is 2.09. The van der Waals surface area contributed by atoms with Crippen LogP contribution in [0.3, 0.4) is 0 Å². The Balaban J connectivity index is 2.24. The van der Waals surface area contributed by atoms with Crippen molar-refractivity contribution in [3.05, 3.63) is 53.5 Å². The molecule has 1 aromatic heterocycles. The van der Waals surface area contributed by atoms with Crippen LogP contribution in [0.1, 0.15) is 22.8 Å². The minimum atomic E-state index is -4.45. The molecule has 0 aliphatic rings. The van der Waals surface area contributed by atoms with Crippen LogP contribution in [0, 0.1) is 6.92 Å². The highest BCUT2D eigenvalue weighted by Crippen LogP contribution is 2.23. The maximum atomic E-state index is 12.5. The van der Waals surface area contributed by atoms with E-state index in [0.717, 1.165) is 24.9 Å². The summed E-state index contributed by atoms with van der Waals surface area (Å²) < 4.78 is 37.6. The molecule has 0 spiro atoms. The molecular formula is C18H18F3N5O2. The van der Waals surface area contributed by atoms with Crippen LogP contribution in [0.5, 0.6) is 0 Å². The normalized spacial score (nSPS) is 13.5. The maximum Gasteiger partial charge on any atom is 0.410 e. The zero-order valence-electron chi connectivity index (χ0n) is 15.0. The van der Waals surface area contributed by atoms with E-state index >= 15 is 0 Å². The van der Waals surface area contributed by atoms with Crippen LogP contribution in [0.25, 0.3) is 11.3 Å². The van der Waals surface area contributed by atoms with Crippen molar-refractivity contribution in [3.8, 4) is 11.3 Å². The molecule has 2 rings (SSSR count). The number of aliphatic imine (C=N–C) groups is 1. The second-order valence-corrected chi connectivity index (χ2v) is 5.85. The average molecular weight is 393 g/mol. The number of nitrogens with zero attached hydrogens (tertiary/aromatic N) is 3. The fraction of sp³-hybridized carbons (Fsp3) is 0.222. The molecule has 4 N–H and O–H groups in total. The van der Waals surface area contributed by atoms with Gasteiger partial charge in [-0.15, -0.1) is 0 Å². The molecule has 0 aliphatic carbocycles. The van der Waals surface area contributed by atoms with Crippen molar-refractivity contribution in [1.29, 1.82) is 0 Å². The van der Waals surface area contributed by atoms with E-state index in [0.29, 0.717) is 11.3 Å². The predicted octanol–water partition coefficient (Wildman–Crippen LogP) is 3.38. The van der Waals surface area contributed by atoms with E-state index in [1.807, 2.05) is 0 Å². The van der Waals surface area contributed by atoms with Gasteiger partial charge in [0.25, 0.3) is 0 Å². The Morgan fingerprint density at radius 1 is 1.32 bits per heavy atom. The zero-order valence-corrected chi connectivity index (χ0v) is 15.0. The summed E-state index contributed by atoms with van der Waals surface area (Å²) in [6.07, 6.45) is -0.912. The van der Waals surface area contributed by atoms with Crippen LogP contribution >= 0.6 is 0 Å². The quantitative estimate of drug-likeness (QED) is 0.649. The van der Waals surface area contributed by atoms with E-state index in [2.05, 4.69) is 20.3 Å². The molecule has 0 fully saturated rings. The number of aromatic carboxylic acids is 1. The van der Waals surface area contributed by atoms with Gasteiger partial charge in [0.05, 0.1) is 17.0 Å². The third-order valence-corrected chi connectivity index (χ3v) is 3.72. The topological polar surface area (TPSA) is 113 Å². The smallest absolute Gasteiger partial charge is 0.410 e. The van der Waals surface area contributed by atoms with Crippen molar-refractivity contribution in [2.75, 3.05) is 5.32 Å². The second kappa shape index (κ2) is 8.51. The predicted molar refractivity (Wildman–Crippen MR) is 99.1 cm³/mol. The zero-order chi connectivity index (χ0) is 20.9. The van der Waals surface area contributed by atoms with Crippen molar-refractivity contribution < 1.29 is 23.1 Å². The van der Waals surface area contributed by atoms with Gasteiger partial charge < -0.3 is 16.2 Å². The van der Waals surface area contributed by atoms with Gasteiger partial charge in [-0.05, 0) is 31.5 Å². The van der Waals surface area contributed by atoms with Crippen LogP contribution in [-0.4, -0.2) is 39.5 Å². The summed E-state index contributed by atoms with van der Waals surface area (Å²) in [6.45, 7) is 2.70. The number of hydrogen-bond acceptors (Lipinski definition) is 6. The van der Waals surface area contributed by atoms with Gasteiger partial charge in [-0.2, -0.15) is 13.2 Å². The van der Waals surface area contributed by atoms with Gasteiger partial charge in [-0.3, -0.25) is 4.99 Å². The lowest BCUT2D eigenvalue weighted by Gasteiger charge is -2.12.